The molecule has 11 heteroatoms. The first-order chi connectivity index (χ1) is 13.4. The van der Waals surface area contributed by atoms with Crippen molar-refractivity contribution in [3.63, 3.8) is 0 Å². The predicted molar refractivity (Wildman–Crippen MR) is 94.4 cm³/mol. The molecular weight excluding hydrogens is 397 g/mol. The molecular formula is C18H18F5N5O. The van der Waals surface area contributed by atoms with Crippen LogP contribution in [0.4, 0.5) is 27.8 Å². The van der Waals surface area contributed by atoms with Crippen LogP contribution in [0.25, 0.3) is 5.78 Å². The first-order valence-electron chi connectivity index (χ1n) is 8.58. The van der Waals surface area contributed by atoms with E-state index in [1.165, 1.54) is 37.7 Å². The average molecular weight is 415 g/mol. The smallest absolute Gasteiger partial charge is 0.388 e. The van der Waals surface area contributed by atoms with Crippen LogP contribution in [-0.4, -0.2) is 30.3 Å². The summed E-state index contributed by atoms with van der Waals surface area (Å²) in [7, 11) is 0. The Morgan fingerprint density at radius 3 is 2.41 bits per heavy atom. The number of hydrogen-bond donors (Lipinski definition) is 2. The fourth-order valence-corrected chi connectivity index (χ4v) is 2.89. The van der Waals surface area contributed by atoms with Crippen LogP contribution < -0.4 is 5.32 Å². The van der Waals surface area contributed by atoms with Crippen LogP contribution in [0.3, 0.4) is 0 Å². The molecule has 2 atom stereocenters. The van der Waals surface area contributed by atoms with Crippen molar-refractivity contribution in [2.45, 2.75) is 44.8 Å². The monoisotopic (exact) mass is 415 g/mol. The first-order valence-corrected chi connectivity index (χ1v) is 8.58. The van der Waals surface area contributed by atoms with Gasteiger partial charge in [0.1, 0.15) is 24.1 Å². The van der Waals surface area contributed by atoms with Crippen molar-refractivity contribution in [3.05, 3.63) is 53.2 Å². The van der Waals surface area contributed by atoms with Gasteiger partial charge < -0.3 is 10.4 Å². The lowest BCUT2D eigenvalue weighted by molar-refractivity contribution is -0.140. The van der Waals surface area contributed by atoms with Crippen molar-refractivity contribution >= 4 is 11.6 Å². The molecule has 2 N–H and O–H groups in total. The fourth-order valence-electron chi connectivity index (χ4n) is 2.89. The maximum atomic E-state index is 14.1. The minimum absolute atomic E-state index is 0.0427. The number of nitrogens with zero attached hydrogens (tertiary/aromatic N) is 4. The van der Waals surface area contributed by atoms with Crippen molar-refractivity contribution < 1.29 is 27.1 Å². The van der Waals surface area contributed by atoms with E-state index in [4.69, 9.17) is 0 Å². The minimum Gasteiger partial charge on any atom is -0.388 e. The lowest BCUT2D eigenvalue weighted by Crippen LogP contribution is -2.35. The van der Waals surface area contributed by atoms with Crippen molar-refractivity contribution in [2.24, 2.45) is 0 Å². The average Bonchev–Trinajstić information content (AvgIpc) is 3.05. The molecule has 29 heavy (non-hydrogen) atoms. The van der Waals surface area contributed by atoms with Crippen LogP contribution in [0, 0.1) is 5.82 Å². The van der Waals surface area contributed by atoms with Crippen molar-refractivity contribution in [1.29, 1.82) is 0 Å². The van der Waals surface area contributed by atoms with Crippen LogP contribution in [0.1, 0.15) is 49.8 Å². The van der Waals surface area contributed by atoms with Crippen LogP contribution in [-0.2, 0) is 6.18 Å². The summed E-state index contributed by atoms with van der Waals surface area (Å²) in [6.45, 7) is 4.08. The standard InChI is InChI=1S/C18H18F5N5O/c1-9(19)13-7-14(28-16(26-13)24-8-25-28)27-15(17(2,3)29)10-4-5-11(12(20)6-10)18(21,22)23/h4-9,15,27,29H,1-3H3. The molecule has 0 saturated carbocycles. The predicted octanol–water partition coefficient (Wildman–Crippen LogP) is 4.24. The third-order valence-corrected chi connectivity index (χ3v) is 4.31. The highest BCUT2D eigenvalue weighted by Gasteiger charge is 2.36. The summed E-state index contributed by atoms with van der Waals surface area (Å²) in [6, 6.07) is 2.66. The van der Waals surface area contributed by atoms with Gasteiger partial charge in [-0.2, -0.15) is 27.8 Å². The minimum atomic E-state index is -4.84. The molecule has 0 saturated heterocycles. The number of aliphatic hydroxyl groups is 1. The molecule has 0 amide bonds. The Balaban J connectivity index is 2.08. The first kappa shape index (κ1) is 20.9. The Morgan fingerprint density at radius 2 is 1.86 bits per heavy atom. The van der Waals surface area contributed by atoms with Crippen molar-refractivity contribution in [2.75, 3.05) is 5.32 Å². The van der Waals surface area contributed by atoms with Gasteiger partial charge in [0.2, 0.25) is 0 Å². The third-order valence-electron chi connectivity index (χ3n) is 4.31. The molecule has 0 aliphatic rings. The second-order valence-electron chi connectivity index (χ2n) is 7.12. The maximum absolute atomic E-state index is 14.1. The van der Waals surface area contributed by atoms with E-state index in [-0.39, 0.29) is 22.9 Å². The number of hydrogen-bond acceptors (Lipinski definition) is 5. The summed E-state index contributed by atoms with van der Waals surface area (Å²) in [5.41, 5.74) is -2.85. The highest BCUT2D eigenvalue weighted by molar-refractivity contribution is 5.48. The van der Waals surface area contributed by atoms with E-state index in [1.54, 1.807) is 0 Å². The Hall–Kier alpha value is -2.82. The molecule has 2 aromatic heterocycles. The van der Waals surface area contributed by atoms with E-state index in [0.29, 0.717) is 12.1 Å². The second-order valence-corrected chi connectivity index (χ2v) is 7.12. The molecule has 3 aromatic rings. The lowest BCUT2D eigenvalue weighted by Gasteiger charge is -2.31. The van der Waals surface area contributed by atoms with Gasteiger partial charge >= 0.3 is 6.18 Å². The SMILES string of the molecule is CC(F)c1cc(NC(c2ccc(C(F)(F)F)c(F)c2)C(C)(C)O)n2ncnc2n1. The third kappa shape index (κ3) is 4.29. The summed E-state index contributed by atoms with van der Waals surface area (Å²) in [5, 5.41) is 17.4. The van der Waals surface area contributed by atoms with Gasteiger partial charge in [0.05, 0.1) is 22.9 Å². The van der Waals surface area contributed by atoms with E-state index < -0.39 is 35.4 Å². The summed E-state index contributed by atoms with van der Waals surface area (Å²) < 4.78 is 67.7. The number of nitrogens with one attached hydrogen (secondary N) is 1. The molecule has 0 aliphatic carbocycles. The quantitative estimate of drug-likeness (QED) is 0.610. The van der Waals surface area contributed by atoms with Gasteiger partial charge in [0, 0.05) is 6.07 Å². The second kappa shape index (κ2) is 7.21. The fraction of sp³-hybridized carbons (Fsp3) is 0.389. The maximum Gasteiger partial charge on any atom is 0.419 e. The normalized spacial score (nSPS) is 14.8. The Bertz CT molecular complexity index is 1030. The van der Waals surface area contributed by atoms with Crippen LogP contribution in [0.5, 0.6) is 0 Å². The number of anilines is 1. The largest absolute Gasteiger partial charge is 0.419 e. The van der Waals surface area contributed by atoms with E-state index in [0.717, 1.165) is 6.07 Å². The number of benzene rings is 1. The van der Waals surface area contributed by atoms with E-state index in [9.17, 15) is 27.1 Å². The molecule has 2 heterocycles. The molecule has 6 nitrogen and oxygen atoms in total. The molecule has 0 radical (unpaired) electrons. The van der Waals surface area contributed by atoms with Gasteiger partial charge in [0.25, 0.3) is 5.78 Å². The molecule has 3 rings (SSSR count). The zero-order chi connectivity index (χ0) is 21.6. The summed E-state index contributed by atoms with van der Waals surface area (Å²) in [5.74, 6) is -1.20. The van der Waals surface area contributed by atoms with Gasteiger partial charge in [-0.1, -0.05) is 6.07 Å². The zero-order valence-electron chi connectivity index (χ0n) is 15.7. The summed E-state index contributed by atoms with van der Waals surface area (Å²) >= 11 is 0. The summed E-state index contributed by atoms with van der Waals surface area (Å²) in [6.07, 6.45) is -5.08. The van der Waals surface area contributed by atoms with Gasteiger partial charge in [-0.15, -0.1) is 0 Å². The number of fused-ring (bicyclic) bond motifs is 1. The molecule has 0 fully saturated rings. The van der Waals surface area contributed by atoms with Crippen molar-refractivity contribution in [3.8, 4) is 0 Å². The van der Waals surface area contributed by atoms with E-state index in [1.807, 2.05) is 0 Å². The summed E-state index contributed by atoms with van der Waals surface area (Å²) in [4.78, 5) is 7.92. The molecule has 2 unspecified atom stereocenters. The lowest BCUT2D eigenvalue weighted by atomic mass is 9.91. The van der Waals surface area contributed by atoms with Crippen LogP contribution in [0.15, 0.2) is 30.6 Å². The Kier molecular flexibility index (Phi) is 5.20. The van der Waals surface area contributed by atoms with E-state index in [2.05, 4.69) is 20.4 Å². The molecule has 156 valence electrons. The van der Waals surface area contributed by atoms with Crippen LogP contribution in [0.2, 0.25) is 0 Å². The van der Waals surface area contributed by atoms with Gasteiger partial charge in [-0.05, 0) is 38.5 Å². The van der Waals surface area contributed by atoms with E-state index >= 15 is 0 Å². The zero-order valence-corrected chi connectivity index (χ0v) is 15.7. The topological polar surface area (TPSA) is 75.3 Å². The van der Waals surface area contributed by atoms with Crippen LogP contribution >= 0.6 is 0 Å². The number of alkyl halides is 4. The Morgan fingerprint density at radius 1 is 1.17 bits per heavy atom. The number of aromatic nitrogens is 4. The molecule has 0 spiro atoms. The van der Waals surface area contributed by atoms with Gasteiger partial charge in [-0.3, -0.25) is 0 Å². The number of rotatable bonds is 5. The molecule has 0 bridgehead atoms. The molecule has 1 aromatic carbocycles. The highest BCUT2D eigenvalue weighted by atomic mass is 19.4. The highest BCUT2D eigenvalue weighted by Crippen LogP contribution is 2.35. The molecule has 0 aliphatic heterocycles. The van der Waals surface area contributed by atoms with Gasteiger partial charge in [-0.25, -0.2) is 13.8 Å². The van der Waals surface area contributed by atoms with Gasteiger partial charge in [0.15, 0.2) is 0 Å². The van der Waals surface area contributed by atoms with Crippen molar-refractivity contribution in [1.82, 2.24) is 19.6 Å². The number of halogens is 5. The Labute approximate surface area is 162 Å².